The predicted molar refractivity (Wildman–Crippen MR) is 54.4 cm³/mol. The van der Waals surface area contributed by atoms with E-state index in [4.69, 9.17) is 10.8 Å². The number of halogens is 2. The third-order valence-electron chi connectivity index (χ3n) is 2.48. The molecule has 84 valence electrons. The first-order chi connectivity index (χ1) is 7.10. The zero-order valence-corrected chi connectivity index (χ0v) is 8.63. The number of rotatable bonds is 4. The summed E-state index contributed by atoms with van der Waals surface area (Å²) in [7, 11) is 0. The van der Waals surface area contributed by atoms with Gasteiger partial charge in [-0.25, -0.2) is 8.78 Å². The first-order valence-electron chi connectivity index (χ1n) is 4.88. The van der Waals surface area contributed by atoms with Crippen molar-refractivity contribution in [1.29, 1.82) is 0 Å². The van der Waals surface area contributed by atoms with Gasteiger partial charge in [0.2, 0.25) is 0 Å². The van der Waals surface area contributed by atoms with Crippen molar-refractivity contribution in [3.05, 3.63) is 34.9 Å². The summed E-state index contributed by atoms with van der Waals surface area (Å²) < 4.78 is 25.9. The Morgan fingerprint density at radius 2 is 1.93 bits per heavy atom. The van der Waals surface area contributed by atoms with Crippen molar-refractivity contribution in [2.75, 3.05) is 6.54 Å². The standard InChI is InChI=1S/C11H15F2NO/c1-7(2-3-14)9-5-11(13)10(12)4-8(9)6-15/h4-5,7,15H,2-3,6,14H2,1H3. The minimum Gasteiger partial charge on any atom is -0.392 e. The number of hydrogen-bond donors (Lipinski definition) is 2. The topological polar surface area (TPSA) is 46.2 Å². The molecule has 4 heteroatoms. The molecule has 1 aromatic carbocycles. The summed E-state index contributed by atoms with van der Waals surface area (Å²) in [5.74, 6) is -1.79. The van der Waals surface area contributed by atoms with Crippen LogP contribution >= 0.6 is 0 Å². The summed E-state index contributed by atoms with van der Waals surface area (Å²) in [5, 5.41) is 9.03. The zero-order valence-electron chi connectivity index (χ0n) is 8.63. The van der Waals surface area contributed by atoms with Crippen molar-refractivity contribution in [3.63, 3.8) is 0 Å². The van der Waals surface area contributed by atoms with E-state index in [1.807, 2.05) is 6.92 Å². The molecule has 0 aromatic heterocycles. The molecule has 3 N–H and O–H groups in total. The molecule has 1 atom stereocenters. The van der Waals surface area contributed by atoms with Crippen molar-refractivity contribution in [1.82, 2.24) is 0 Å². The van der Waals surface area contributed by atoms with Gasteiger partial charge in [0.15, 0.2) is 11.6 Å². The highest BCUT2D eigenvalue weighted by Gasteiger charge is 2.14. The van der Waals surface area contributed by atoms with Crippen LogP contribution in [0.25, 0.3) is 0 Å². The predicted octanol–water partition coefficient (Wildman–Crippen LogP) is 1.91. The second-order valence-electron chi connectivity index (χ2n) is 3.60. The van der Waals surface area contributed by atoms with Crippen LogP contribution in [-0.2, 0) is 6.61 Å². The fourth-order valence-electron chi connectivity index (χ4n) is 1.60. The monoisotopic (exact) mass is 215 g/mol. The van der Waals surface area contributed by atoms with E-state index in [0.717, 1.165) is 12.1 Å². The smallest absolute Gasteiger partial charge is 0.159 e. The molecule has 0 aliphatic carbocycles. The van der Waals surface area contributed by atoms with Crippen molar-refractivity contribution >= 4 is 0 Å². The van der Waals surface area contributed by atoms with Gasteiger partial charge in [0, 0.05) is 0 Å². The Hall–Kier alpha value is -1.00. The third kappa shape index (κ3) is 2.73. The molecule has 0 saturated carbocycles. The van der Waals surface area contributed by atoms with Gasteiger partial charge in [0.05, 0.1) is 6.61 Å². The normalized spacial score (nSPS) is 12.9. The minimum absolute atomic E-state index is 0.0206. The van der Waals surface area contributed by atoms with E-state index in [1.54, 1.807) is 0 Å². The highest BCUT2D eigenvalue weighted by atomic mass is 19.2. The second kappa shape index (κ2) is 5.19. The molecule has 0 aliphatic rings. The molecule has 0 aliphatic heterocycles. The van der Waals surface area contributed by atoms with Gasteiger partial charge in [-0.15, -0.1) is 0 Å². The van der Waals surface area contributed by atoms with Gasteiger partial charge in [-0.2, -0.15) is 0 Å². The SMILES string of the molecule is CC(CCN)c1cc(F)c(F)cc1CO. The van der Waals surface area contributed by atoms with Gasteiger partial charge in [-0.1, -0.05) is 6.92 Å². The number of aliphatic hydroxyl groups is 1. The van der Waals surface area contributed by atoms with Crippen LogP contribution in [0.15, 0.2) is 12.1 Å². The lowest BCUT2D eigenvalue weighted by molar-refractivity contribution is 0.278. The molecular formula is C11H15F2NO. The van der Waals surface area contributed by atoms with Crippen molar-refractivity contribution in [2.24, 2.45) is 5.73 Å². The van der Waals surface area contributed by atoms with E-state index in [0.29, 0.717) is 24.1 Å². The van der Waals surface area contributed by atoms with Gasteiger partial charge in [-0.05, 0) is 42.1 Å². The molecule has 1 aromatic rings. The number of aliphatic hydroxyl groups excluding tert-OH is 1. The Bertz CT molecular complexity index is 342. The summed E-state index contributed by atoms with van der Waals surface area (Å²) in [6.07, 6.45) is 0.679. The van der Waals surface area contributed by atoms with Gasteiger partial charge in [0.1, 0.15) is 0 Å². The molecular weight excluding hydrogens is 200 g/mol. The summed E-state index contributed by atoms with van der Waals surface area (Å²) in [4.78, 5) is 0. The molecule has 1 unspecified atom stereocenters. The highest BCUT2D eigenvalue weighted by molar-refractivity contribution is 5.31. The lowest BCUT2D eigenvalue weighted by atomic mass is 9.93. The Morgan fingerprint density at radius 3 is 2.47 bits per heavy atom. The Kier molecular flexibility index (Phi) is 4.17. The average Bonchev–Trinajstić information content (AvgIpc) is 2.21. The van der Waals surface area contributed by atoms with Crippen LogP contribution in [0.1, 0.15) is 30.4 Å². The average molecular weight is 215 g/mol. The van der Waals surface area contributed by atoms with E-state index >= 15 is 0 Å². The number of hydrogen-bond acceptors (Lipinski definition) is 2. The van der Waals surface area contributed by atoms with Crippen molar-refractivity contribution < 1.29 is 13.9 Å². The fourth-order valence-corrected chi connectivity index (χ4v) is 1.60. The van der Waals surface area contributed by atoms with Crippen LogP contribution in [0, 0.1) is 11.6 Å². The first-order valence-corrected chi connectivity index (χ1v) is 4.88. The maximum absolute atomic E-state index is 13.0. The fraction of sp³-hybridized carbons (Fsp3) is 0.455. The number of benzene rings is 1. The van der Waals surface area contributed by atoms with E-state index in [9.17, 15) is 8.78 Å². The van der Waals surface area contributed by atoms with Crippen LogP contribution in [0.4, 0.5) is 8.78 Å². The van der Waals surface area contributed by atoms with Crippen molar-refractivity contribution in [2.45, 2.75) is 25.9 Å². The molecule has 0 heterocycles. The lowest BCUT2D eigenvalue weighted by Gasteiger charge is -2.15. The zero-order chi connectivity index (χ0) is 11.4. The van der Waals surface area contributed by atoms with Crippen LogP contribution in [0.3, 0.4) is 0 Å². The number of nitrogens with two attached hydrogens (primary N) is 1. The summed E-state index contributed by atoms with van der Waals surface area (Å²) >= 11 is 0. The quantitative estimate of drug-likeness (QED) is 0.805. The van der Waals surface area contributed by atoms with Crippen LogP contribution < -0.4 is 5.73 Å². The van der Waals surface area contributed by atoms with E-state index in [-0.39, 0.29) is 12.5 Å². The Balaban J connectivity index is 3.09. The lowest BCUT2D eigenvalue weighted by Crippen LogP contribution is -2.08. The summed E-state index contributed by atoms with van der Waals surface area (Å²) in [6, 6.07) is 2.18. The molecule has 2 nitrogen and oxygen atoms in total. The molecule has 0 amide bonds. The van der Waals surface area contributed by atoms with Crippen LogP contribution in [0.5, 0.6) is 0 Å². The third-order valence-corrected chi connectivity index (χ3v) is 2.48. The Morgan fingerprint density at radius 1 is 1.33 bits per heavy atom. The minimum atomic E-state index is -0.928. The first kappa shape index (κ1) is 12.1. The summed E-state index contributed by atoms with van der Waals surface area (Å²) in [6.45, 7) is 2.06. The maximum Gasteiger partial charge on any atom is 0.159 e. The van der Waals surface area contributed by atoms with Gasteiger partial charge in [0.25, 0.3) is 0 Å². The largest absolute Gasteiger partial charge is 0.392 e. The summed E-state index contributed by atoms with van der Waals surface area (Å²) in [5.41, 5.74) is 6.45. The highest BCUT2D eigenvalue weighted by Crippen LogP contribution is 2.25. The molecule has 1 rings (SSSR count). The van der Waals surface area contributed by atoms with Gasteiger partial charge in [-0.3, -0.25) is 0 Å². The molecule has 15 heavy (non-hydrogen) atoms. The maximum atomic E-state index is 13.0. The van der Waals surface area contributed by atoms with E-state index < -0.39 is 11.6 Å². The van der Waals surface area contributed by atoms with Crippen molar-refractivity contribution in [3.8, 4) is 0 Å². The molecule has 0 spiro atoms. The van der Waals surface area contributed by atoms with E-state index in [1.165, 1.54) is 0 Å². The van der Waals surface area contributed by atoms with Gasteiger partial charge >= 0.3 is 0 Å². The second-order valence-corrected chi connectivity index (χ2v) is 3.60. The van der Waals surface area contributed by atoms with Crippen LogP contribution in [0.2, 0.25) is 0 Å². The van der Waals surface area contributed by atoms with E-state index in [2.05, 4.69) is 0 Å². The molecule has 0 radical (unpaired) electrons. The molecule has 0 bridgehead atoms. The van der Waals surface area contributed by atoms with Gasteiger partial charge < -0.3 is 10.8 Å². The van der Waals surface area contributed by atoms with Crippen LogP contribution in [-0.4, -0.2) is 11.7 Å². The molecule has 0 saturated heterocycles. The molecule has 0 fully saturated rings. The Labute approximate surface area is 87.7 Å².